The zero-order chi connectivity index (χ0) is 12.0. The van der Waals surface area contributed by atoms with Crippen LogP contribution in [0.2, 0.25) is 0 Å². The highest BCUT2D eigenvalue weighted by atomic mass is 16.5. The maximum atomic E-state index is 5.34. The molecule has 0 aromatic carbocycles. The minimum absolute atomic E-state index is 0.313. The van der Waals surface area contributed by atoms with E-state index < -0.39 is 0 Å². The van der Waals surface area contributed by atoms with Gasteiger partial charge in [-0.15, -0.1) is 0 Å². The molecule has 0 aliphatic heterocycles. The number of nitrogens with one attached hydrogen (secondary N) is 1. The Hall–Kier alpha value is -0.900. The predicted molar refractivity (Wildman–Crippen MR) is 64.5 cm³/mol. The summed E-state index contributed by atoms with van der Waals surface area (Å²) in [7, 11) is 1.96. The average Bonchev–Trinajstić information content (AvgIpc) is 2.75. The second-order valence-electron chi connectivity index (χ2n) is 4.24. The highest BCUT2D eigenvalue weighted by molar-refractivity contribution is 4.97. The van der Waals surface area contributed by atoms with Gasteiger partial charge in [-0.1, -0.05) is 25.4 Å². The van der Waals surface area contributed by atoms with Crippen LogP contribution in [-0.2, 0) is 6.42 Å². The Morgan fingerprint density at radius 2 is 2.12 bits per heavy atom. The van der Waals surface area contributed by atoms with Crippen LogP contribution in [-0.4, -0.2) is 23.2 Å². The molecule has 16 heavy (non-hydrogen) atoms. The van der Waals surface area contributed by atoms with Crippen molar-refractivity contribution < 1.29 is 4.52 Å². The van der Waals surface area contributed by atoms with Crippen LogP contribution in [0.5, 0.6) is 0 Å². The first-order valence-corrected chi connectivity index (χ1v) is 6.22. The van der Waals surface area contributed by atoms with Crippen LogP contribution >= 0.6 is 0 Å². The van der Waals surface area contributed by atoms with Gasteiger partial charge in [-0.25, -0.2) is 0 Å². The van der Waals surface area contributed by atoms with Gasteiger partial charge < -0.3 is 9.84 Å². The fourth-order valence-electron chi connectivity index (χ4n) is 1.80. The summed E-state index contributed by atoms with van der Waals surface area (Å²) in [5.41, 5.74) is 0. The first-order chi connectivity index (χ1) is 7.72. The fraction of sp³-hybridized carbons (Fsp3) is 0.833. The van der Waals surface area contributed by atoms with E-state index in [0.717, 1.165) is 37.4 Å². The third kappa shape index (κ3) is 3.30. The van der Waals surface area contributed by atoms with Crippen LogP contribution in [0, 0.1) is 0 Å². The average molecular weight is 225 g/mol. The van der Waals surface area contributed by atoms with Crippen molar-refractivity contribution in [3.05, 3.63) is 11.7 Å². The van der Waals surface area contributed by atoms with Crippen LogP contribution in [0.4, 0.5) is 0 Å². The molecule has 4 heteroatoms. The van der Waals surface area contributed by atoms with Gasteiger partial charge in [0.15, 0.2) is 5.82 Å². The SMILES string of the molecule is CCCCc1noc(C(CC)C(C)NC)n1. The normalized spacial score (nSPS) is 15.0. The second kappa shape index (κ2) is 6.63. The minimum atomic E-state index is 0.313. The van der Waals surface area contributed by atoms with Crippen LogP contribution in [0.15, 0.2) is 4.52 Å². The summed E-state index contributed by atoms with van der Waals surface area (Å²) in [5.74, 6) is 1.93. The van der Waals surface area contributed by atoms with E-state index in [1.807, 2.05) is 7.05 Å². The summed E-state index contributed by atoms with van der Waals surface area (Å²) in [5, 5.41) is 7.26. The molecule has 0 bridgehead atoms. The number of aryl methyl sites for hydroxylation is 1. The Bertz CT molecular complexity index is 298. The van der Waals surface area contributed by atoms with Crippen molar-refractivity contribution >= 4 is 0 Å². The van der Waals surface area contributed by atoms with Gasteiger partial charge in [0.2, 0.25) is 5.89 Å². The molecule has 1 N–H and O–H groups in total. The third-order valence-corrected chi connectivity index (χ3v) is 3.05. The monoisotopic (exact) mass is 225 g/mol. The molecular formula is C12H23N3O. The molecule has 92 valence electrons. The van der Waals surface area contributed by atoms with Crippen molar-refractivity contribution in [2.45, 2.75) is 58.4 Å². The second-order valence-corrected chi connectivity index (χ2v) is 4.24. The largest absolute Gasteiger partial charge is 0.339 e. The van der Waals surface area contributed by atoms with Gasteiger partial charge in [-0.3, -0.25) is 0 Å². The molecule has 0 fully saturated rings. The summed E-state index contributed by atoms with van der Waals surface area (Å²) in [6.07, 6.45) is 4.22. The van der Waals surface area contributed by atoms with Crippen LogP contribution in [0.25, 0.3) is 0 Å². The summed E-state index contributed by atoms with van der Waals surface area (Å²) in [6, 6.07) is 0.365. The maximum Gasteiger partial charge on any atom is 0.231 e. The van der Waals surface area contributed by atoms with Crippen molar-refractivity contribution in [1.29, 1.82) is 0 Å². The summed E-state index contributed by atoms with van der Waals surface area (Å²) in [6.45, 7) is 6.46. The van der Waals surface area contributed by atoms with E-state index in [1.54, 1.807) is 0 Å². The molecule has 0 saturated carbocycles. The smallest absolute Gasteiger partial charge is 0.231 e. The Morgan fingerprint density at radius 1 is 1.38 bits per heavy atom. The Morgan fingerprint density at radius 3 is 2.69 bits per heavy atom. The molecule has 0 saturated heterocycles. The van der Waals surface area contributed by atoms with E-state index >= 15 is 0 Å². The fourth-order valence-corrected chi connectivity index (χ4v) is 1.80. The zero-order valence-electron chi connectivity index (χ0n) is 10.8. The maximum absolute atomic E-state index is 5.34. The van der Waals surface area contributed by atoms with Gasteiger partial charge in [-0.05, 0) is 26.8 Å². The molecule has 0 amide bonds. The van der Waals surface area contributed by atoms with E-state index in [1.165, 1.54) is 0 Å². The number of likely N-dealkylation sites (N-methyl/N-ethyl adjacent to an activating group) is 1. The highest BCUT2D eigenvalue weighted by Crippen LogP contribution is 2.21. The van der Waals surface area contributed by atoms with Gasteiger partial charge >= 0.3 is 0 Å². The van der Waals surface area contributed by atoms with Gasteiger partial charge in [0.25, 0.3) is 0 Å². The number of hydrogen-bond donors (Lipinski definition) is 1. The molecular weight excluding hydrogens is 202 g/mol. The van der Waals surface area contributed by atoms with Crippen molar-refractivity contribution in [1.82, 2.24) is 15.5 Å². The number of nitrogens with zero attached hydrogens (tertiary/aromatic N) is 2. The van der Waals surface area contributed by atoms with Gasteiger partial charge in [-0.2, -0.15) is 4.98 Å². The lowest BCUT2D eigenvalue weighted by atomic mass is 9.98. The number of unbranched alkanes of at least 4 members (excludes halogenated alkanes) is 1. The molecule has 4 nitrogen and oxygen atoms in total. The molecule has 1 heterocycles. The molecule has 2 unspecified atom stereocenters. The number of rotatable bonds is 7. The van der Waals surface area contributed by atoms with Crippen LogP contribution in [0.3, 0.4) is 0 Å². The summed E-state index contributed by atoms with van der Waals surface area (Å²) < 4.78 is 5.34. The topological polar surface area (TPSA) is 51.0 Å². The van der Waals surface area contributed by atoms with Crippen molar-refractivity contribution in [3.63, 3.8) is 0 Å². The lowest BCUT2D eigenvalue weighted by molar-refractivity contribution is 0.319. The first kappa shape index (κ1) is 13.2. The summed E-state index contributed by atoms with van der Waals surface area (Å²) in [4.78, 5) is 4.47. The van der Waals surface area contributed by atoms with E-state index in [2.05, 4.69) is 36.2 Å². The zero-order valence-corrected chi connectivity index (χ0v) is 10.8. The van der Waals surface area contributed by atoms with E-state index in [9.17, 15) is 0 Å². The van der Waals surface area contributed by atoms with Crippen LogP contribution in [0.1, 0.15) is 57.7 Å². The molecule has 1 aromatic rings. The molecule has 0 aliphatic rings. The van der Waals surface area contributed by atoms with Crippen molar-refractivity contribution in [2.75, 3.05) is 7.05 Å². The standard InChI is InChI=1S/C12H23N3O/c1-5-7-8-11-14-12(16-15-11)10(6-2)9(3)13-4/h9-10,13H,5-8H2,1-4H3. The molecule has 0 aliphatic carbocycles. The molecule has 0 radical (unpaired) electrons. The minimum Gasteiger partial charge on any atom is -0.339 e. The quantitative estimate of drug-likeness (QED) is 0.774. The van der Waals surface area contributed by atoms with Gasteiger partial charge in [0.1, 0.15) is 0 Å². The number of aromatic nitrogens is 2. The third-order valence-electron chi connectivity index (χ3n) is 3.05. The lowest BCUT2D eigenvalue weighted by Crippen LogP contribution is -2.28. The first-order valence-electron chi connectivity index (χ1n) is 6.22. The van der Waals surface area contributed by atoms with Gasteiger partial charge in [0, 0.05) is 12.5 Å². The molecule has 2 atom stereocenters. The Balaban J connectivity index is 2.66. The predicted octanol–water partition coefficient (Wildman–Crippen LogP) is 2.51. The number of hydrogen-bond acceptors (Lipinski definition) is 4. The lowest BCUT2D eigenvalue weighted by Gasteiger charge is -2.17. The Labute approximate surface area is 97.8 Å². The van der Waals surface area contributed by atoms with Crippen LogP contribution < -0.4 is 5.32 Å². The summed E-state index contributed by atoms with van der Waals surface area (Å²) >= 11 is 0. The van der Waals surface area contributed by atoms with Gasteiger partial charge in [0.05, 0.1) is 5.92 Å². The van der Waals surface area contributed by atoms with E-state index in [0.29, 0.717) is 12.0 Å². The Kier molecular flexibility index (Phi) is 5.46. The molecule has 1 rings (SSSR count). The molecule has 0 spiro atoms. The molecule has 1 aromatic heterocycles. The van der Waals surface area contributed by atoms with E-state index in [-0.39, 0.29) is 0 Å². The van der Waals surface area contributed by atoms with Crippen molar-refractivity contribution in [2.24, 2.45) is 0 Å². The highest BCUT2D eigenvalue weighted by Gasteiger charge is 2.22. The van der Waals surface area contributed by atoms with E-state index in [4.69, 9.17) is 4.52 Å². The van der Waals surface area contributed by atoms with Crippen molar-refractivity contribution in [3.8, 4) is 0 Å².